The third-order valence-electron chi connectivity index (χ3n) is 5.48. The average Bonchev–Trinajstić information content (AvgIpc) is 2.86. The van der Waals surface area contributed by atoms with Gasteiger partial charge < -0.3 is 19.7 Å². The second-order valence-corrected chi connectivity index (χ2v) is 7.75. The van der Waals surface area contributed by atoms with Crippen molar-refractivity contribution in [2.45, 2.75) is 32.5 Å². The van der Waals surface area contributed by atoms with Gasteiger partial charge in [0.15, 0.2) is 11.5 Å². The number of amides is 2. The summed E-state index contributed by atoms with van der Waals surface area (Å²) < 4.78 is 10.6. The lowest BCUT2D eigenvalue weighted by Crippen LogP contribution is -2.47. The van der Waals surface area contributed by atoms with E-state index in [1.807, 2.05) is 66.7 Å². The molecule has 0 bridgehead atoms. The van der Waals surface area contributed by atoms with Crippen molar-refractivity contribution < 1.29 is 19.1 Å². The Kier molecular flexibility index (Phi) is 8.47. The number of carbonyl (C=O) groups excluding carboxylic acids is 2. The Bertz CT molecular complexity index is 1050. The van der Waals surface area contributed by atoms with E-state index in [0.717, 1.165) is 16.7 Å². The maximum Gasteiger partial charge on any atom is 0.242 e. The summed E-state index contributed by atoms with van der Waals surface area (Å²) in [4.78, 5) is 27.9. The standard InChI is InChI=1S/C27H30N2O4/c1-20(27(31)28-18-21-10-6-4-7-11-21)29(19-22-12-8-5-9-13-22)26(30)17-23-14-15-24(32-2)25(16-23)33-3/h4-16,20H,17-19H2,1-3H3,(H,28,31). The maximum atomic E-state index is 13.4. The molecule has 0 aliphatic heterocycles. The van der Waals surface area contributed by atoms with Gasteiger partial charge >= 0.3 is 0 Å². The summed E-state index contributed by atoms with van der Waals surface area (Å²) in [5, 5.41) is 2.95. The van der Waals surface area contributed by atoms with Gasteiger partial charge in [-0.05, 0) is 35.7 Å². The monoisotopic (exact) mass is 446 g/mol. The highest BCUT2D eigenvalue weighted by molar-refractivity contribution is 5.88. The largest absolute Gasteiger partial charge is 0.493 e. The number of hydrogen-bond donors (Lipinski definition) is 1. The van der Waals surface area contributed by atoms with Gasteiger partial charge in [-0.15, -0.1) is 0 Å². The quantitative estimate of drug-likeness (QED) is 0.512. The van der Waals surface area contributed by atoms with Crippen LogP contribution in [0.3, 0.4) is 0 Å². The molecule has 3 aromatic carbocycles. The molecule has 0 radical (unpaired) electrons. The van der Waals surface area contributed by atoms with Crippen LogP contribution in [-0.2, 0) is 29.1 Å². The highest BCUT2D eigenvalue weighted by Gasteiger charge is 2.26. The summed E-state index contributed by atoms with van der Waals surface area (Å²) in [6, 6.07) is 24.1. The Morgan fingerprint density at radius 2 is 1.42 bits per heavy atom. The van der Waals surface area contributed by atoms with Crippen molar-refractivity contribution in [2.24, 2.45) is 0 Å². The molecule has 33 heavy (non-hydrogen) atoms. The van der Waals surface area contributed by atoms with E-state index >= 15 is 0 Å². The third kappa shape index (κ3) is 6.59. The molecule has 6 nitrogen and oxygen atoms in total. The fourth-order valence-corrected chi connectivity index (χ4v) is 3.56. The molecule has 0 fully saturated rings. The van der Waals surface area contributed by atoms with Crippen molar-refractivity contribution in [3.63, 3.8) is 0 Å². The Morgan fingerprint density at radius 1 is 0.818 bits per heavy atom. The Balaban J connectivity index is 1.76. The summed E-state index contributed by atoms with van der Waals surface area (Å²) >= 11 is 0. The van der Waals surface area contributed by atoms with E-state index in [1.54, 1.807) is 38.2 Å². The van der Waals surface area contributed by atoms with Crippen LogP contribution in [0, 0.1) is 0 Å². The van der Waals surface area contributed by atoms with Crippen LogP contribution in [0.4, 0.5) is 0 Å². The zero-order chi connectivity index (χ0) is 23.6. The summed E-state index contributed by atoms with van der Waals surface area (Å²) in [6.45, 7) is 2.51. The van der Waals surface area contributed by atoms with Crippen LogP contribution in [0.15, 0.2) is 78.9 Å². The molecule has 0 aliphatic carbocycles. The van der Waals surface area contributed by atoms with Gasteiger partial charge in [0.1, 0.15) is 6.04 Å². The molecular formula is C27H30N2O4. The fraction of sp³-hybridized carbons (Fsp3) is 0.259. The molecule has 0 aromatic heterocycles. The molecule has 3 rings (SSSR count). The van der Waals surface area contributed by atoms with Crippen LogP contribution < -0.4 is 14.8 Å². The Hall–Kier alpha value is -3.80. The fourth-order valence-electron chi connectivity index (χ4n) is 3.56. The SMILES string of the molecule is COc1ccc(CC(=O)N(Cc2ccccc2)C(C)C(=O)NCc2ccccc2)cc1OC. The van der Waals surface area contributed by atoms with Gasteiger partial charge in [0.05, 0.1) is 20.6 Å². The van der Waals surface area contributed by atoms with Crippen LogP contribution >= 0.6 is 0 Å². The van der Waals surface area contributed by atoms with Crippen molar-refractivity contribution in [3.8, 4) is 11.5 Å². The Labute approximate surface area is 195 Å². The summed E-state index contributed by atoms with van der Waals surface area (Å²) in [6.07, 6.45) is 0.142. The lowest BCUT2D eigenvalue weighted by atomic mass is 10.1. The molecule has 0 saturated carbocycles. The van der Waals surface area contributed by atoms with Gasteiger partial charge in [-0.3, -0.25) is 9.59 Å². The van der Waals surface area contributed by atoms with Gasteiger partial charge in [-0.1, -0.05) is 66.7 Å². The van der Waals surface area contributed by atoms with Crippen molar-refractivity contribution in [2.75, 3.05) is 14.2 Å². The van der Waals surface area contributed by atoms with Gasteiger partial charge in [0.2, 0.25) is 11.8 Å². The van der Waals surface area contributed by atoms with Gasteiger partial charge in [0, 0.05) is 13.1 Å². The van der Waals surface area contributed by atoms with E-state index in [2.05, 4.69) is 5.32 Å². The number of carbonyl (C=O) groups is 2. The lowest BCUT2D eigenvalue weighted by Gasteiger charge is -2.29. The predicted molar refractivity (Wildman–Crippen MR) is 128 cm³/mol. The van der Waals surface area contributed by atoms with E-state index < -0.39 is 6.04 Å². The molecule has 1 unspecified atom stereocenters. The normalized spacial score (nSPS) is 11.4. The van der Waals surface area contributed by atoms with Crippen LogP contribution in [-0.4, -0.2) is 37.0 Å². The van der Waals surface area contributed by atoms with Gasteiger partial charge in [0.25, 0.3) is 0 Å². The number of hydrogen-bond acceptors (Lipinski definition) is 4. The van der Waals surface area contributed by atoms with E-state index in [0.29, 0.717) is 24.6 Å². The zero-order valence-electron chi connectivity index (χ0n) is 19.3. The molecule has 0 spiro atoms. The summed E-state index contributed by atoms with van der Waals surface area (Å²) in [7, 11) is 3.13. The van der Waals surface area contributed by atoms with E-state index in [1.165, 1.54) is 0 Å². The topological polar surface area (TPSA) is 67.9 Å². The molecule has 172 valence electrons. The molecule has 6 heteroatoms. The molecule has 3 aromatic rings. The van der Waals surface area contributed by atoms with Crippen LogP contribution in [0.2, 0.25) is 0 Å². The first-order valence-electron chi connectivity index (χ1n) is 10.9. The summed E-state index contributed by atoms with van der Waals surface area (Å²) in [5.41, 5.74) is 2.75. The van der Waals surface area contributed by atoms with Crippen molar-refractivity contribution >= 4 is 11.8 Å². The lowest BCUT2D eigenvalue weighted by molar-refractivity contribution is -0.140. The van der Waals surface area contributed by atoms with Crippen LogP contribution in [0.5, 0.6) is 11.5 Å². The zero-order valence-corrected chi connectivity index (χ0v) is 19.3. The molecule has 1 atom stereocenters. The number of rotatable bonds is 10. The second kappa shape index (κ2) is 11.7. The maximum absolute atomic E-state index is 13.4. The molecule has 1 N–H and O–H groups in total. The smallest absolute Gasteiger partial charge is 0.242 e. The van der Waals surface area contributed by atoms with E-state index in [-0.39, 0.29) is 18.2 Å². The first-order valence-corrected chi connectivity index (χ1v) is 10.9. The highest BCUT2D eigenvalue weighted by Crippen LogP contribution is 2.28. The third-order valence-corrected chi connectivity index (χ3v) is 5.48. The number of nitrogens with one attached hydrogen (secondary N) is 1. The van der Waals surface area contributed by atoms with Gasteiger partial charge in [-0.25, -0.2) is 0 Å². The molecule has 0 aliphatic rings. The van der Waals surface area contributed by atoms with Crippen LogP contribution in [0.1, 0.15) is 23.6 Å². The minimum Gasteiger partial charge on any atom is -0.493 e. The second-order valence-electron chi connectivity index (χ2n) is 7.75. The molecule has 0 heterocycles. The summed E-state index contributed by atoms with van der Waals surface area (Å²) in [5.74, 6) is 0.818. The first kappa shape index (κ1) is 23.9. The van der Waals surface area contributed by atoms with Crippen molar-refractivity contribution in [1.82, 2.24) is 10.2 Å². The minimum absolute atomic E-state index is 0.142. The average molecular weight is 447 g/mol. The number of methoxy groups -OCH3 is 2. The minimum atomic E-state index is -0.637. The molecule has 0 saturated heterocycles. The number of benzene rings is 3. The van der Waals surface area contributed by atoms with Gasteiger partial charge in [-0.2, -0.15) is 0 Å². The van der Waals surface area contributed by atoms with Crippen molar-refractivity contribution in [3.05, 3.63) is 95.6 Å². The number of nitrogens with zero attached hydrogens (tertiary/aromatic N) is 1. The molecular weight excluding hydrogens is 416 g/mol. The van der Waals surface area contributed by atoms with E-state index in [4.69, 9.17) is 9.47 Å². The van der Waals surface area contributed by atoms with Crippen molar-refractivity contribution in [1.29, 1.82) is 0 Å². The predicted octanol–water partition coefficient (Wildman–Crippen LogP) is 3.98. The Morgan fingerprint density at radius 3 is 2.03 bits per heavy atom. The first-order chi connectivity index (χ1) is 16.0. The number of ether oxygens (including phenoxy) is 2. The highest BCUT2D eigenvalue weighted by atomic mass is 16.5. The van der Waals surface area contributed by atoms with E-state index in [9.17, 15) is 9.59 Å². The molecule has 2 amide bonds. The van der Waals surface area contributed by atoms with Crippen LogP contribution in [0.25, 0.3) is 0 Å².